The van der Waals surface area contributed by atoms with Crippen LogP contribution in [-0.4, -0.2) is 5.11 Å². The highest BCUT2D eigenvalue weighted by Crippen LogP contribution is 2.37. The lowest BCUT2D eigenvalue weighted by atomic mass is 9.77. The lowest BCUT2D eigenvalue weighted by Gasteiger charge is -2.31. The number of nitrogens with zero attached hydrogens (tertiary/aromatic N) is 1. The highest BCUT2D eigenvalue weighted by molar-refractivity contribution is 5.32. The molecular weight excluding hydrogens is 222 g/mol. The molecule has 1 aromatic carbocycles. The Hall–Kier alpha value is -1.33. The average Bonchev–Trinajstić information content (AvgIpc) is 2.47. The molecule has 0 aromatic heterocycles. The Morgan fingerprint density at radius 1 is 1.22 bits per heavy atom. The van der Waals surface area contributed by atoms with Crippen LogP contribution >= 0.6 is 0 Å². The van der Waals surface area contributed by atoms with Crippen molar-refractivity contribution < 1.29 is 5.11 Å². The van der Waals surface area contributed by atoms with E-state index < -0.39 is 0 Å². The molecular formula is C16H21NO. The van der Waals surface area contributed by atoms with Gasteiger partial charge in [-0.3, -0.25) is 0 Å². The normalized spacial score (nSPS) is 25.4. The SMILES string of the molecule is CCC1CCC(C(O)c2ccc(C#N)cc2)CC1. The quantitative estimate of drug-likeness (QED) is 0.877. The summed E-state index contributed by atoms with van der Waals surface area (Å²) in [4.78, 5) is 0. The van der Waals surface area contributed by atoms with Crippen molar-refractivity contribution >= 4 is 0 Å². The zero-order chi connectivity index (χ0) is 13.0. The molecule has 96 valence electrons. The summed E-state index contributed by atoms with van der Waals surface area (Å²) in [5, 5.41) is 19.1. The maximum atomic E-state index is 10.4. The second kappa shape index (κ2) is 6.02. The van der Waals surface area contributed by atoms with E-state index in [2.05, 4.69) is 13.0 Å². The maximum absolute atomic E-state index is 10.4. The zero-order valence-electron chi connectivity index (χ0n) is 11.0. The van der Waals surface area contributed by atoms with Crippen molar-refractivity contribution in [1.29, 1.82) is 5.26 Å². The molecule has 0 amide bonds. The van der Waals surface area contributed by atoms with Crippen molar-refractivity contribution in [1.82, 2.24) is 0 Å². The lowest BCUT2D eigenvalue weighted by Crippen LogP contribution is -2.20. The van der Waals surface area contributed by atoms with Crippen LogP contribution in [0, 0.1) is 23.2 Å². The molecule has 18 heavy (non-hydrogen) atoms. The number of hydrogen-bond donors (Lipinski definition) is 1. The van der Waals surface area contributed by atoms with Gasteiger partial charge in [-0.1, -0.05) is 38.3 Å². The Morgan fingerprint density at radius 2 is 1.83 bits per heavy atom. The number of hydrogen-bond acceptors (Lipinski definition) is 2. The van der Waals surface area contributed by atoms with E-state index in [-0.39, 0.29) is 6.10 Å². The fraction of sp³-hybridized carbons (Fsp3) is 0.562. The first kappa shape index (κ1) is 13.1. The van der Waals surface area contributed by atoms with Crippen LogP contribution in [-0.2, 0) is 0 Å². The van der Waals surface area contributed by atoms with E-state index in [0.29, 0.717) is 11.5 Å². The van der Waals surface area contributed by atoms with Crippen molar-refractivity contribution in [3.63, 3.8) is 0 Å². The maximum Gasteiger partial charge on any atom is 0.0991 e. The van der Waals surface area contributed by atoms with E-state index in [1.807, 2.05) is 12.1 Å². The third-order valence-electron chi connectivity index (χ3n) is 4.30. The summed E-state index contributed by atoms with van der Waals surface area (Å²) in [6.07, 6.45) is 5.64. The van der Waals surface area contributed by atoms with E-state index in [1.165, 1.54) is 19.3 Å². The summed E-state index contributed by atoms with van der Waals surface area (Å²) in [7, 11) is 0. The fourth-order valence-electron chi connectivity index (χ4n) is 2.94. The van der Waals surface area contributed by atoms with E-state index in [4.69, 9.17) is 5.26 Å². The van der Waals surface area contributed by atoms with Gasteiger partial charge in [0.15, 0.2) is 0 Å². The molecule has 1 aliphatic carbocycles. The number of aliphatic hydroxyl groups is 1. The third kappa shape index (κ3) is 2.91. The molecule has 0 heterocycles. The minimum Gasteiger partial charge on any atom is -0.388 e. The first-order valence-corrected chi connectivity index (χ1v) is 6.92. The lowest BCUT2D eigenvalue weighted by molar-refractivity contribution is 0.0729. The first-order chi connectivity index (χ1) is 8.74. The molecule has 1 aromatic rings. The Kier molecular flexibility index (Phi) is 4.38. The molecule has 0 bridgehead atoms. The molecule has 2 rings (SSSR count). The second-order valence-electron chi connectivity index (χ2n) is 5.37. The van der Waals surface area contributed by atoms with Crippen LogP contribution in [0.5, 0.6) is 0 Å². The van der Waals surface area contributed by atoms with Gasteiger partial charge in [-0.2, -0.15) is 5.26 Å². The largest absolute Gasteiger partial charge is 0.388 e. The van der Waals surface area contributed by atoms with Gasteiger partial charge in [0.2, 0.25) is 0 Å². The summed E-state index contributed by atoms with van der Waals surface area (Å²) in [6.45, 7) is 2.25. The second-order valence-corrected chi connectivity index (χ2v) is 5.37. The predicted molar refractivity (Wildman–Crippen MR) is 71.9 cm³/mol. The van der Waals surface area contributed by atoms with E-state index >= 15 is 0 Å². The standard InChI is InChI=1S/C16H21NO/c1-2-12-3-7-14(8-4-12)16(18)15-9-5-13(11-17)6-10-15/h5-6,9-10,12,14,16,18H,2-4,7-8H2,1H3. The monoisotopic (exact) mass is 243 g/mol. The van der Waals surface area contributed by atoms with E-state index in [0.717, 1.165) is 24.3 Å². The molecule has 2 nitrogen and oxygen atoms in total. The van der Waals surface area contributed by atoms with Crippen LogP contribution in [0.2, 0.25) is 0 Å². The van der Waals surface area contributed by atoms with Crippen LogP contribution in [0.4, 0.5) is 0 Å². The molecule has 1 aliphatic rings. The fourth-order valence-corrected chi connectivity index (χ4v) is 2.94. The van der Waals surface area contributed by atoms with Gasteiger partial charge < -0.3 is 5.11 Å². The number of benzene rings is 1. The van der Waals surface area contributed by atoms with E-state index in [9.17, 15) is 5.11 Å². The molecule has 1 N–H and O–H groups in total. The van der Waals surface area contributed by atoms with Crippen molar-refractivity contribution in [3.8, 4) is 6.07 Å². The van der Waals surface area contributed by atoms with Crippen LogP contribution in [0.3, 0.4) is 0 Å². The van der Waals surface area contributed by atoms with Crippen molar-refractivity contribution in [2.45, 2.75) is 45.1 Å². The third-order valence-corrected chi connectivity index (χ3v) is 4.30. The summed E-state index contributed by atoms with van der Waals surface area (Å²) in [5.74, 6) is 1.25. The highest BCUT2D eigenvalue weighted by atomic mass is 16.3. The van der Waals surface area contributed by atoms with Gasteiger partial charge in [-0.15, -0.1) is 0 Å². The summed E-state index contributed by atoms with van der Waals surface area (Å²) >= 11 is 0. The van der Waals surface area contributed by atoms with Gasteiger partial charge in [0.1, 0.15) is 0 Å². The Bertz CT molecular complexity index is 410. The average molecular weight is 243 g/mol. The van der Waals surface area contributed by atoms with Crippen LogP contribution in [0.15, 0.2) is 24.3 Å². The molecule has 0 saturated heterocycles. The van der Waals surface area contributed by atoms with Gasteiger partial charge in [-0.05, 0) is 42.4 Å². The Morgan fingerprint density at radius 3 is 2.33 bits per heavy atom. The zero-order valence-corrected chi connectivity index (χ0v) is 11.0. The Balaban J connectivity index is 1.98. The van der Waals surface area contributed by atoms with Gasteiger partial charge in [-0.25, -0.2) is 0 Å². The van der Waals surface area contributed by atoms with E-state index in [1.54, 1.807) is 12.1 Å². The smallest absolute Gasteiger partial charge is 0.0991 e. The van der Waals surface area contributed by atoms with Gasteiger partial charge in [0.25, 0.3) is 0 Å². The van der Waals surface area contributed by atoms with Crippen molar-refractivity contribution in [3.05, 3.63) is 35.4 Å². The van der Waals surface area contributed by atoms with Crippen LogP contribution < -0.4 is 0 Å². The van der Waals surface area contributed by atoms with Crippen molar-refractivity contribution in [2.24, 2.45) is 11.8 Å². The first-order valence-electron chi connectivity index (χ1n) is 6.92. The Labute approximate surface area is 109 Å². The molecule has 1 saturated carbocycles. The summed E-state index contributed by atoms with van der Waals surface area (Å²) in [6, 6.07) is 9.45. The van der Waals surface area contributed by atoms with Gasteiger partial charge in [0, 0.05) is 0 Å². The topological polar surface area (TPSA) is 44.0 Å². The van der Waals surface area contributed by atoms with Gasteiger partial charge in [0.05, 0.1) is 17.7 Å². The summed E-state index contributed by atoms with van der Waals surface area (Å²) < 4.78 is 0. The predicted octanol–water partition coefficient (Wildman–Crippen LogP) is 3.81. The number of rotatable bonds is 3. The molecule has 1 fully saturated rings. The van der Waals surface area contributed by atoms with Gasteiger partial charge >= 0.3 is 0 Å². The molecule has 0 aliphatic heterocycles. The number of aliphatic hydroxyl groups excluding tert-OH is 1. The van der Waals surface area contributed by atoms with Crippen LogP contribution in [0.25, 0.3) is 0 Å². The summed E-state index contributed by atoms with van der Waals surface area (Å²) in [5.41, 5.74) is 1.61. The van der Waals surface area contributed by atoms with Crippen LogP contribution in [0.1, 0.15) is 56.3 Å². The highest BCUT2D eigenvalue weighted by Gasteiger charge is 2.26. The van der Waals surface area contributed by atoms with Crippen molar-refractivity contribution in [2.75, 3.05) is 0 Å². The number of nitriles is 1. The molecule has 2 heteroatoms. The molecule has 1 atom stereocenters. The minimum atomic E-state index is -0.365. The molecule has 0 radical (unpaired) electrons. The molecule has 1 unspecified atom stereocenters. The molecule has 0 spiro atoms. The minimum absolute atomic E-state index is 0.365.